The number of carbonyl (C=O) groups excluding carboxylic acids is 1. The van der Waals surface area contributed by atoms with E-state index in [1.807, 2.05) is 27.9 Å². The van der Waals surface area contributed by atoms with Crippen LogP contribution in [0.25, 0.3) is 0 Å². The average molecular weight is 270 g/mol. The number of amides is 1. The third-order valence-electron chi connectivity index (χ3n) is 4.21. The Hall–Kier alpha value is -1.30. The fourth-order valence-electron chi connectivity index (χ4n) is 2.57. The molecule has 0 spiro atoms. The van der Waals surface area contributed by atoms with Gasteiger partial charge in [0.2, 0.25) is 5.91 Å². The molecule has 1 fully saturated rings. The molecule has 1 amide bonds. The van der Waals surface area contributed by atoms with Crippen molar-refractivity contribution in [3.05, 3.63) is 0 Å². The van der Waals surface area contributed by atoms with Gasteiger partial charge in [0.25, 0.3) is 0 Å². The smallest absolute Gasteiger partial charge is 0.231 e. The number of amidine groups is 1. The Balaban J connectivity index is 2.63. The second-order valence-electron chi connectivity index (χ2n) is 5.94. The molecule has 19 heavy (non-hydrogen) atoms. The minimum Gasteiger partial charge on any atom is -0.409 e. The zero-order valence-corrected chi connectivity index (χ0v) is 12.3. The average Bonchev–Trinajstić information content (AvgIpc) is 2.26. The van der Waals surface area contributed by atoms with Crippen LogP contribution in [0.1, 0.15) is 33.1 Å². The van der Waals surface area contributed by atoms with Crippen LogP contribution >= 0.6 is 0 Å². The molecule has 1 rings (SSSR count). The first-order valence-electron chi connectivity index (χ1n) is 6.76. The molecule has 0 radical (unpaired) electrons. The second-order valence-corrected chi connectivity index (χ2v) is 5.94. The van der Waals surface area contributed by atoms with Gasteiger partial charge in [-0.2, -0.15) is 0 Å². The van der Waals surface area contributed by atoms with Crippen molar-refractivity contribution in [3.8, 4) is 0 Å². The van der Waals surface area contributed by atoms with E-state index in [0.29, 0.717) is 6.54 Å². The first kappa shape index (κ1) is 15.8. The van der Waals surface area contributed by atoms with Crippen LogP contribution in [0.4, 0.5) is 0 Å². The molecule has 0 aromatic carbocycles. The van der Waals surface area contributed by atoms with Gasteiger partial charge in [0.15, 0.2) is 5.84 Å². The molecule has 0 heterocycles. The highest BCUT2D eigenvalue weighted by Gasteiger charge is 2.40. The normalized spacial score (nSPS) is 20.2. The zero-order chi connectivity index (χ0) is 14.6. The lowest BCUT2D eigenvalue weighted by molar-refractivity contribution is -0.125. The van der Waals surface area contributed by atoms with Gasteiger partial charge in [0.05, 0.1) is 0 Å². The fourth-order valence-corrected chi connectivity index (χ4v) is 2.57. The van der Waals surface area contributed by atoms with Crippen molar-refractivity contribution in [2.45, 2.75) is 38.6 Å². The molecule has 0 bridgehead atoms. The molecular formula is C13H26N4O2. The summed E-state index contributed by atoms with van der Waals surface area (Å²) < 4.78 is 0. The van der Waals surface area contributed by atoms with E-state index in [1.165, 1.54) is 6.42 Å². The van der Waals surface area contributed by atoms with Crippen molar-refractivity contribution < 1.29 is 10.0 Å². The van der Waals surface area contributed by atoms with Crippen molar-refractivity contribution in [3.63, 3.8) is 0 Å². The third-order valence-corrected chi connectivity index (χ3v) is 4.21. The van der Waals surface area contributed by atoms with Crippen molar-refractivity contribution in [2.75, 3.05) is 20.6 Å². The first-order chi connectivity index (χ1) is 8.84. The summed E-state index contributed by atoms with van der Waals surface area (Å²) in [5.74, 6) is -0.782. The van der Waals surface area contributed by atoms with Crippen LogP contribution in [0.5, 0.6) is 0 Å². The minimum atomic E-state index is -0.579. The molecular weight excluding hydrogens is 244 g/mol. The number of rotatable bonds is 6. The van der Waals surface area contributed by atoms with E-state index >= 15 is 0 Å². The number of nitrogens with one attached hydrogen (secondary N) is 1. The first-order valence-corrected chi connectivity index (χ1v) is 6.76. The highest BCUT2D eigenvalue weighted by molar-refractivity contribution is 6.02. The van der Waals surface area contributed by atoms with E-state index in [0.717, 1.165) is 12.8 Å². The van der Waals surface area contributed by atoms with Crippen molar-refractivity contribution in [1.82, 2.24) is 10.2 Å². The lowest BCUT2D eigenvalue weighted by Gasteiger charge is -2.47. The Morgan fingerprint density at radius 3 is 2.37 bits per heavy atom. The molecule has 0 saturated heterocycles. The Labute approximate surface area is 115 Å². The second kappa shape index (κ2) is 6.23. The van der Waals surface area contributed by atoms with E-state index in [9.17, 15) is 4.79 Å². The maximum Gasteiger partial charge on any atom is 0.231 e. The van der Waals surface area contributed by atoms with Gasteiger partial charge in [-0.05, 0) is 39.3 Å². The van der Waals surface area contributed by atoms with E-state index in [4.69, 9.17) is 10.9 Å². The number of likely N-dealkylation sites (N-methyl/N-ethyl adjacent to an activating group) is 1. The van der Waals surface area contributed by atoms with Crippen LogP contribution < -0.4 is 11.1 Å². The maximum atomic E-state index is 12.2. The molecule has 1 aliphatic rings. The summed E-state index contributed by atoms with van der Waals surface area (Å²) in [5.41, 5.74) is 5.67. The quantitative estimate of drug-likeness (QED) is 0.285. The Morgan fingerprint density at radius 2 is 2.05 bits per heavy atom. The van der Waals surface area contributed by atoms with Gasteiger partial charge in [0, 0.05) is 12.1 Å². The molecule has 0 aromatic heterocycles. The molecule has 1 saturated carbocycles. The van der Waals surface area contributed by atoms with Crippen molar-refractivity contribution in [1.29, 1.82) is 0 Å². The standard InChI is InChI=1S/C13H26N4O2/c1-9(2)10(11(14)16-19)12(18)15-8-13(17(3)4)6-5-7-13/h9-10,19H,5-8H2,1-4H3,(H2,14,16)(H,15,18). The number of nitrogens with two attached hydrogens (primary N) is 1. The largest absolute Gasteiger partial charge is 0.409 e. The van der Waals surface area contributed by atoms with Crippen molar-refractivity contribution in [2.24, 2.45) is 22.7 Å². The third kappa shape index (κ3) is 3.37. The summed E-state index contributed by atoms with van der Waals surface area (Å²) in [6.07, 6.45) is 3.38. The molecule has 6 nitrogen and oxygen atoms in total. The Morgan fingerprint density at radius 1 is 1.47 bits per heavy atom. The van der Waals surface area contributed by atoms with Gasteiger partial charge in [0.1, 0.15) is 5.92 Å². The van der Waals surface area contributed by atoms with Gasteiger partial charge in [-0.3, -0.25) is 4.79 Å². The van der Waals surface area contributed by atoms with Crippen LogP contribution in [0, 0.1) is 11.8 Å². The predicted molar refractivity (Wildman–Crippen MR) is 75.0 cm³/mol. The van der Waals surface area contributed by atoms with E-state index < -0.39 is 5.92 Å². The van der Waals surface area contributed by atoms with Gasteiger partial charge in [-0.25, -0.2) is 0 Å². The summed E-state index contributed by atoms with van der Waals surface area (Å²) >= 11 is 0. The van der Waals surface area contributed by atoms with E-state index in [-0.39, 0.29) is 23.2 Å². The van der Waals surface area contributed by atoms with Gasteiger partial charge in [-0.1, -0.05) is 19.0 Å². The zero-order valence-electron chi connectivity index (χ0n) is 12.3. The van der Waals surface area contributed by atoms with Crippen molar-refractivity contribution >= 4 is 11.7 Å². The predicted octanol–water partition coefficient (Wildman–Crippen LogP) is 0.606. The van der Waals surface area contributed by atoms with Crippen LogP contribution in [0.3, 0.4) is 0 Å². The molecule has 1 aliphatic carbocycles. The van der Waals surface area contributed by atoms with Crippen LogP contribution in [-0.4, -0.2) is 48.0 Å². The Kier molecular flexibility index (Phi) is 5.17. The van der Waals surface area contributed by atoms with E-state index in [2.05, 4.69) is 15.4 Å². The summed E-state index contributed by atoms with van der Waals surface area (Å²) in [5, 5.41) is 14.7. The number of carbonyl (C=O) groups is 1. The summed E-state index contributed by atoms with van der Waals surface area (Å²) in [4.78, 5) is 14.4. The SMILES string of the molecule is CC(C)C(C(=O)NCC1(N(C)C)CCC1)C(N)=NO. The number of hydrogen-bond donors (Lipinski definition) is 3. The summed E-state index contributed by atoms with van der Waals surface area (Å²) in [7, 11) is 4.07. The highest BCUT2D eigenvalue weighted by Crippen LogP contribution is 2.35. The van der Waals surface area contributed by atoms with Gasteiger partial charge >= 0.3 is 0 Å². The highest BCUT2D eigenvalue weighted by atomic mass is 16.4. The molecule has 0 aliphatic heterocycles. The number of oxime groups is 1. The topological polar surface area (TPSA) is 91.0 Å². The monoisotopic (exact) mass is 270 g/mol. The molecule has 1 atom stereocenters. The Bertz CT molecular complexity index is 349. The molecule has 6 heteroatoms. The molecule has 4 N–H and O–H groups in total. The summed E-state index contributed by atoms with van der Waals surface area (Å²) in [6.45, 7) is 4.38. The summed E-state index contributed by atoms with van der Waals surface area (Å²) in [6, 6.07) is 0. The lowest BCUT2D eigenvalue weighted by atomic mass is 9.75. The minimum absolute atomic E-state index is 0.00685. The van der Waals surface area contributed by atoms with Gasteiger partial charge in [-0.15, -0.1) is 0 Å². The molecule has 0 aromatic rings. The maximum absolute atomic E-state index is 12.2. The number of nitrogens with zero attached hydrogens (tertiary/aromatic N) is 2. The number of hydrogen-bond acceptors (Lipinski definition) is 4. The van der Waals surface area contributed by atoms with Crippen LogP contribution in [-0.2, 0) is 4.79 Å². The van der Waals surface area contributed by atoms with Gasteiger partial charge < -0.3 is 21.2 Å². The fraction of sp³-hybridized carbons (Fsp3) is 0.846. The van der Waals surface area contributed by atoms with E-state index in [1.54, 1.807) is 0 Å². The van der Waals surface area contributed by atoms with Crippen LogP contribution in [0.15, 0.2) is 5.16 Å². The lowest BCUT2D eigenvalue weighted by Crippen LogP contribution is -2.58. The molecule has 1 unspecified atom stereocenters. The van der Waals surface area contributed by atoms with Crippen LogP contribution in [0.2, 0.25) is 0 Å². The molecule has 110 valence electrons.